The van der Waals surface area contributed by atoms with Crippen molar-refractivity contribution in [3.63, 3.8) is 0 Å². The van der Waals surface area contributed by atoms with Crippen molar-refractivity contribution in [2.75, 3.05) is 14.1 Å². The molecule has 0 heterocycles. The monoisotopic (exact) mass is 161 g/mol. The van der Waals surface area contributed by atoms with Crippen molar-refractivity contribution >= 4 is 0 Å². The number of nitrogens with zero attached hydrogens (tertiary/aromatic N) is 1. The van der Waals surface area contributed by atoms with E-state index >= 15 is 0 Å². The van der Waals surface area contributed by atoms with Gasteiger partial charge in [0.15, 0.2) is 0 Å². The second-order valence-electron chi connectivity index (χ2n) is 3.78. The largest absolute Gasteiger partial charge is 0.306 e. The Hall–Kier alpha value is -0.820. The summed E-state index contributed by atoms with van der Waals surface area (Å²) in [5.74, 6) is 0.793. The van der Waals surface area contributed by atoms with Gasteiger partial charge in [-0.25, -0.2) is 0 Å². The van der Waals surface area contributed by atoms with Crippen LogP contribution in [0.5, 0.6) is 0 Å². The first kappa shape index (κ1) is 7.81. The Balaban J connectivity index is 2.06. The second-order valence-corrected chi connectivity index (χ2v) is 3.78. The molecule has 1 nitrogen and oxygen atoms in total. The van der Waals surface area contributed by atoms with E-state index in [9.17, 15) is 0 Å². The molecule has 64 valence electrons. The molecule has 0 unspecified atom stereocenters. The van der Waals surface area contributed by atoms with E-state index in [0.29, 0.717) is 0 Å². The maximum Gasteiger partial charge on any atom is 0.0165 e. The van der Waals surface area contributed by atoms with Crippen molar-refractivity contribution in [1.82, 2.24) is 4.90 Å². The van der Waals surface area contributed by atoms with Gasteiger partial charge in [0.2, 0.25) is 0 Å². The van der Waals surface area contributed by atoms with Gasteiger partial charge in [0.1, 0.15) is 0 Å². The maximum atomic E-state index is 2.32. The third-order valence-corrected chi connectivity index (χ3v) is 2.65. The summed E-state index contributed by atoms with van der Waals surface area (Å²) in [6.07, 6.45) is 1.33. The molecule has 1 aromatic carbocycles. The molecule has 1 saturated carbocycles. The highest BCUT2D eigenvalue weighted by Crippen LogP contribution is 2.43. The zero-order valence-electron chi connectivity index (χ0n) is 7.70. The average molecular weight is 161 g/mol. The van der Waals surface area contributed by atoms with E-state index in [-0.39, 0.29) is 0 Å². The van der Waals surface area contributed by atoms with Gasteiger partial charge in [0, 0.05) is 12.0 Å². The average Bonchev–Trinajstić information content (AvgIpc) is 2.84. The fourth-order valence-electron chi connectivity index (χ4n) is 1.81. The van der Waals surface area contributed by atoms with Gasteiger partial charge in [-0.15, -0.1) is 0 Å². The van der Waals surface area contributed by atoms with E-state index in [1.54, 1.807) is 0 Å². The molecule has 1 aliphatic rings. The summed E-state index contributed by atoms with van der Waals surface area (Å²) in [4.78, 5) is 2.32. The predicted octanol–water partition coefficient (Wildman–Crippen LogP) is 2.10. The van der Waals surface area contributed by atoms with Crippen molar-refractivity contribution in [2.24, 2.45) is 0 Å². The maximum absolute atomic E-state index is 2.32. The number of likely N-dealkylation sites (N-methyl/N-ethyl adjacent to an activating group) is 1. The number of hydrogen-bond acceptors (Lipinski definition) is 1. The number of rotatable bonds is 2. The molecule has 1 aliphatic carbocycles. The lowest BCUT2D eigenvalue weighted by Crippen LogP contribution is -2.15. The van der Waals surface area contributed by atoms with Crippen molar-refractivity contribution in [1.29, 1.82) is 0 Å². The minimum Gasteiger partial charge on any atom is -0.306 e. The van der Waals surface area contributed by atoms with Crippen LogP contribution in [0.1, 0.15) is 17.9 Å². The van der Waals surface area contributed by atoms with Crippen LogP contribution in [-0.4, -0.2) is 25.0 Å². The molecular formula is C11H15N. The zero-order valence-corrected chi connectivity index (χ0v) is 7.70. The van der Waals surface area contributed by atoms with Crippen molar-refractivity contribution in [3.05, 3.63) is 35.9 Å². The number of benzene rings is 1. The number of hydrogen-bond donors (Lipinski definition) is 0. The topological polar surface area (TPSA) is 3.24 Å². The molecule has 1 fully saturated rings. The van der Waals surface area contributed by atoms with Crippen LogP contribution >= 0.6 is 0 Å². The van der Waals surface area contributed by atoms with Crippen LogP contribution < -0.4 is 0 Å². The highest BCUT2D eigenvalue weighted by molar-refractivity contribution is 5.27. The van der Waals surface area contributed by atoms with Crippen LogP contribution in [0.15, 0.2) is 30.3 Å². The predicted molar refractivity (Wildman–Crippen MR) is 51.3 cm³/mol. The highest BCUT2D eigenvalue weighted by atomic mass is 15.1. The van der Waals surface area contributed by atoms with Gasteiger partial charge < -0.3 is 4.90 Å². The van der Waals surface area contributed by atoms with E-state index in [0.717, 1.165) is 12.0 Å². The fourth-order valence-corrected chi connectivity index (χ4v) is 1.81. The normalized spacial score (nSPS) is 27.6. The van der Waals surface area contributed by atoms with Gasteiger partial charge in [0.25, 0.3) is 0 Å². The summed E-state index contributed by atoms with van der Waals surface area (Å²) in [7, 11) is 4.32. The molecule has 1 heteroatoms. The van der Waals surface area contributed by atoms with Crippen LogP contribution in [0.3, 0.4) is 0 Å². The SMILES string of the molecule is CN(C)[C@H]1C[C@@H]1c1ccccc1. The molecule has 2 atom stereocenters. The summed E-state index contributed by atoms with van der Waals surface area (Å²) in [6.45, 7) is 0. The van der Waals surface area contributed by atoms with Crippen LogP contribution in [0.4, 0.5) is 0 Å². The molecular weight excluding hydrogens is 146 g/mol. The Labute approximate surface area is 74.0 Å². The minimum absolute atomic E-state index is 0.785. The Morgan fingerprint density at radius 1 is 1.17 bits per heavy atom. The standard InChI is InChI=1S/C11H15N/c1-12(2)11-8-10(11)9-6-4-3-5-7-9/h3-7,10-11H,8H2,1-2H3/t10-,11+/m1/s1. The van der Waals surface area contributed by atoms with Crippen molar-refractivity contribution in [3.8, 4) is 0 Å². The summed E-state index contributed by atoms with van der Waals surface area (Å²) in [6, 6.07) is 11.6. The fraction of sp³-hybridized carbons (Fsp3) is 0.455. The lowest BCUT2D eigenvalue weighted by Gasteiger charge is -2.08. The smallest absolute Gasteiger partial charge is 0.0165 e. The van der Waals surface area contributed by atoms with Gasteiger partial charge in [-0.2, -0.15) is 0 Å². The van der Waals surface area contributed by atoms with E-state index in [1.165, 1.54) is 12.0 Å². The van der Waals surface area contributed by atoms with Gasteiger partial charge >= 0.3 is 0 Å². The molecule has 2 rings (SSSR count). The minimum atomic E-state index is 0.785. The van der Waals surface area contributed by atoms with Crippen molar-refractivity contribution < 1.29 is 0 Å². The molecule has 0 aliphatic heterocycles. The third kappa shape index (κ3) is 1.37. The summed E-state index contributed by atoms with van der Waals surface area (Å²) >= 11 is 0. The Kier molecular flexibility index (Phi) is 1.89. The van der Waals surface area contributed by atoms with Gasteiger partial charge in [-0.05, 0) is 26.1 Å². The Bertz CT molecular complexity index is 253. The molecule has 0 amide bonds. The van der Waals surface area contributed by atoms with Gasteiger partial charge in [-0.3, -0.25) is 0 Å². The van der Waals surface area contributed by atoms with E-state index in [1.807, 2.05) is 0 Å². The molecule has 0 spiro atoms. The lowest BCUT2D eigenvalue weighted by atomic mass is 10.1. The van der Waals surface area contributed by atoms with E-state index in [2.05, 4.69) is 49.3 Å². The molecule has 0 bridgehead atoms. The molecule has 1 aromatic rings. The summed E-state index contributed by atoms with van der Waals surface area (Å²) in [5, 5.41) is 0. The molecule has 0 aromatic heterocycles. The van der Waals surface area contributed by atoms with Crippen LogP contribution in [0.25, 0.3) is 0 Å². The highest BCUT2D eigenvalue weighted by Gasteiger charge is 2.39. The Morgan fingerprint density at radius 2 is 1.83 bits per heavy atom. The van der Waals surface area contributed by atoms with Crippen LogP contribution in [-0.2, 0) is 0 Å². The quantitative estimate of drug-likeness (QED) is 0.642. The second kappa shape index (κ2) is 2.91. The zero-order chi connectivity index (χ0) is 8.55. The van der Waals surface area contributed by atoms with Gasteiger partial charge in [-0.1, -0.05) is 30.3 Å². The van der Waals surface area contributed by atoms with E-state index in [4.69, 9.17) is 0 Å². The Morgan fingerprint density at radius 3 is 2.33 bits per heavy atom. The van der Waals surface area contributed by atoms with Gasteiger partial charge in [0.05, 0.1) is 0 Å². The first-order chi connectivity index (χ1) is 5.79. The summed E-state index contributed by atoms with van der Waals surface area (Å²) < 4.78 is 0. The molecule has 12 heavy (non-hydrogen) atoms. The first-order valence-corrected chi connectivity index (χ1v) is 4.50. The van der Waals surface area contributed by atoms with Crippen LogP contribution in [0, 0.1) is 0 Å². The first-order valence-electron chi connectivity index (χ1n) is 4.50. The lowest BCUT2D eigenvalue weighted by molar-refractivity contribution is 0.391. The summed E-state index contributed by atoms with van der Waals surface area (Å²) in [5.41, 5.74) is 1.50. The van der Waals surface area contributed by atoms with E-state index < -0.39 is 0 Å². The van der Waals surface area contributed by atoms with Crippen molar-refractivity contribution in [2.45, 2.75) is 18.4 Å². The third-order valence-electron chi connectivity index (χ3n) is 2.65. The van der Waals surface area contributed by atoms with Crippen LogP contribution in [0.2, 0.25) is 0 Å². The molecule has 0 radical (unpaired) electrons. The molecule has 0 N–H and O–H groups in total. The molecule has 0 saturated heterocycles.